The lowest BCUT2D eigenvalue weighted by Crippen LogP contribution is -2.41. The van der Waals surface area contributed by atoms with Crippen molar-refractivity contribution >= 4 is 10.0 Å². The summed E-state index contributed by atoms with van der Waals surface area (Å²) < 4.78 is 48.9. The molecule has 0 amide bonds. The predicted molar refractivity (Wildman–Crippen MR) is 53.3 cm³/mol. The van der Waals surface area contributed by atoms with Crippen LogP contribution in [0.1, 0.15) is 11.5 Å². The highest BCUT2D eigenvalue weighted by molar-refractivity contribution is 7.89. The summed E-state index contributed by atoms with van der Waals surface area (Å²) in [6.45, 7) is 0.927. The van der Waals surface area contributed by atoms with Crippen LogP contribution in [0.5, 0.6) is 0 Å². The molecule has 88 valence electrons. The summed E-state index contributed by atoms with van der Waals surface area (Å²) in [5, 5.41) is 7.81. The minimum atomic E-state index is -4.11. The number of primary sulfonamides is 1. The van der Waals surface area contributed by atoms with E-state index in [1.807, 2.05) is 0 Å². The summed E-state index contributed by atoms with van der Waals surface area (Å²) in [4.78, 5) is -0.462. The van der Waals surface area contributed by atoms with Crippen LogP contribution in [0, 0.1) is 11.6 Å². The van der Waals surface area contributed by atoms with Crippen molar-refractivity contribution in [2.24, 2.45) is 5.14 Å². The van der Waals surface area contributed by atoms with E-state index >= 15 is 0 Å². The zero-order chi connectivity index (χ0) is 11.9. The van der Waals surface area contributed by atoms with E-state index < -0.39 is 26.6 Å². The molecule has 3 N–H and O–H groups in total. The van der Waals surface area contributed by atoms with Gasteiger partial charge in [-0.05, 0) is 6.07 Å². The average Bonchev–Trinajstić information content (AvgIpc) is 2.03. The molecule has 1 saturated heterocycles. The number of hydrogen-bond acceptors (Lipinski definition) is 3. The maximum absolute atomic E-state index is 13.5. The lowest BCUT2D eigenvalue weighted by molar-refractivity contribution is 0.420. The fraction of sp³-hybridized carbons (Fsp3) is 0.333. The molecule has 1 aromatic carbocycles. The quantitative estimate of drug-likeness (QED) is 0.790. The van der Waals surface area contributed by atoms with E-state index in [4.69, 9.17) is 5.14 Å². The van der Waals surface area contributed by atoms with Crippen LogP contribution in [-0.2, 0) is 10.0 Å². The summed E-state index contributed by atoms with van der Waals surface area (Å²) in [6, 6.07) is 1.42. The zero-order valence-corrected chi connectivity index (χ0v) is 9.02. The van der Waals surface area contributed by atoms with Crippen LogP contribution in [0.2, 0.25) is 0 Å². The molecule has 1 aliphatic rings. The van der Waals surface area contributed by atoms with Crippen molar-refractivity contribution < 1.29 is 17.2 Å². The minimum Gasteiger partial charge on any atom is -0.315 e. The van der Waals surface area contributed by atoms with Gasteiger partial charge in [-0.1, -0.05) is 0 Å². The molecule has 0 bridgehead atoms. The number of hydrogen-bond donors (Lipinski definition) is 2. The number of halogens is 2. The number of rotatable bonds is 2. The number of nitrogens with one attached hydrogen (secondary N) is 1. The normalized spacial score (nSPS) is 17.2. The molecule has 0 atom stereocenters. The Bertz CT molecular complexity index is 527. The third-order valence-corrected chi connectivity index (χ3v) is 3.50. The van der Waals surface area contributed by atoms with E-state index in [1.54, 1.807) is 0 Å². The smallest absolute Gasteiger partial charge is 0.238 e. The van der Waals surface area contributed by atoms with Crippen LogP contribution in [0.3, 0.4) is 0 Å². The Morgan fingerprint density at radius 2 is 1.94 bits per heavy atom. The molecule has 0 aromatic heterocycles. The molecule has 0 spiro atoms. The van der Waals surface area contributed by atoms with Gasteiger partial charge in [0.15, 0.2) is 0 Å². The molecule has 0 aliphatic carbocycles. The van der Waals surface area contributed by atoms with E-state index in [9.17, 15) is 17.2 Å². The van der Waals surface area contributed by atoms with Crippen molar-refractivity contribution in [3.05, 3.63) is 29.3 Å². The van der Waals surface area contributed by atoms with E-state index in [1.165, 1.54) is 0 Å². The maximum Gasteiger partial charge on any atom is 0.238 e. The number of nitrogens with two attached hydrogens (primary N) is 1. The molecule has 1 fully saturated rings. The van der Waals surface area contributed by atoms with E-state index in [-0.39, 0.29) is 11.5 Å². The zero-order valence-electron chi connectivity index (χ0n) is 8.20. The van der Waals surface area contributed by atoms with Crippen LogP contribution >= 0.6 is 0 Å². The molecule has 1 aromatic rings. The first-order chi connectivity index (χ1) is 7.39. The third kappa shape index (κ3) is 1.93. The Labute approximate surface area is 91.5 Å². The summed E-state index contributed by atoms with van der Waals surface area (Å²) in [5.41, 5.74) is -0.0253. The van der Waals surface area contributed by atoms with Crippen molar-refractivity contribution in [3.8, 4) is 0 Å². The van der Waals surface area contributed by atoms with Gasteiger partial charge in [0.1, 0.15) is 11.6 Å². The molecule has 1 heterocycles. The molecule has 0 radical (unpaired) electrons. The van der Waals surface area contributed by atoms with Crippen molar-refractivity contribution in [1.82, 2.24) is 5.32 Å². The fourth-order valence-electron chi connectivity index (χ4n) is 1.69. The topological polar surface area (TPSA) is 72.2 Å². The second-order valence-corrected chi connectivity index (χ2v) is 5.23. The molecular weight excluding hydrogens is 238 g/mol. The average molecular weight is 248 g/mol. The van der Waals surface area contributed by atoms with E-state index in [0.29, 0.717) is 19.2 Å². The van der Waals surface area contributed by atoms with Crippen LogP contribution in [0.4, 0.5) is 8.78 Å². The van der Waals surface area contributed by atoms with Gasteiger partial charge in [-0.15, -0.1) is 0 Å². The van der Waals surface area contributed by atoms with E-state index in [2.05, 4.69) is 5.32 Å². The van der Waals surface area contributed by atoms with Gasteiger partial charge in [0.05, 0.1) is 4.90 Å². The Morgan fingerprint density at radius 1 is 1.31 bits per heavy atom. The van der Waals surface area contributed by atoms with Crippen LogP contribution in [0.25, 0.3) is 0 Å². The summed E-state index contributed by atoms with van der Waals surface area (Å²) >= 11 is 0. The minimum absolute atomic E-state index is 0.0253. The molecule has 2 rings (SSSR count). The first-order valence-corrected chi connectivity index (χ1v) is 6.16. The Hall–Kier alpha value is -1.05. The van der Waals surface area contributed by atoms with Gasteiger partial charge in [-0.2, -0.15) is 0 Å². The van der Waals surface area contributed by atoms with Crippen LogP contribution in [0.15, 0.2) is 17.0 Å². The molecule has 7 heteroatoms. The highest BCUT2D eigenvalue weighted by atomic mass is 32.2. The third-order valence-electron chi connectivity index (χ3n) is 2.55. The number of benzene rings is 1. The Morgan fingerprint density at radius 3 is 2.38 bits per heavy atom. The molecule has 4 nitrogen and oxygen atoms in total. The first kappa shape index (κ1) is 11.4. The second kappa shape index (κ2) is 3.76. The first-order valence-electron chi connectivity index (χ1n) is 4.62. The lowest BCUT2D eigenvalue weighted by atomic mass is 9.93. The fourth-order valence-corrected chi connectivity index (χ4v) is 2.53. The van der Waals surface area contributed by atoms with Crippen molar-refractivity contribution in [2.45, 2.75) is 10.8 Å². The summed E-state index contributed by atoms with van der Waals surface area (Å²) in [7, 11) is -4.11. The van der Waals surface area contributed by atoms with E-state index in [0.717, 1.165) is 6.07 Å². The molecular formula is C9H10F2N2O2S. The van der Waals surface area contributed by atoms with Gasteiger partial charge in [-0.3, -0.25) is 0 Å². The molecule has 0 saturated carbocycles. The summed E-state index contributed by atoms with van der Waals surface area (Å²) in [5.74, 6) is -2.08. The van der Waals surface area contributed by atoms with Gasteiger partial charge in [0, 0.05) is 30.6 Å². The lowest BCUT2D eigenvalue weighted by Gasteiger charge is -2.29. The van der Waals surface area contributed by atoms with Gasteiger partial charge in [0.25, 0.3) is 0 Å². The van der Waals surface area contributed by atoms with Gasteiger partial charge >= 0.3 is 0 Å². The highest BCUT2D eigenvalue weighted by Crippen LogP contribution is 2.29. The summed E-state index contributed by atoms with van der Waals surface area (Å²) in [6.07, 6.45) is 0. The van der Waals surface area contributed by atoms with Gasteiger partial charge < -0.3 is 5.32 Å². The second-order valence-electron chi connectivity index (χ2n) is 3.70. The van der Waals surface area contributed by atoms with Crippen molar-refractivity contribution in [3.63, 3.8) is 0 Å². The monoisotopic (exact) mass is 248 g/mol. The maximum atomic E-state index is 13.5. The molecule has 1 aliphatic heterocycles. The van der Waals surface area contributed by atoms with Gasteiger partial charge in [-0.25, -0.2) is 22.3 Å². The van der Waals surface area contributed by atoms with Crippen LogP contribution < -0.4 is 10.5 Å². The molecule has 16 heavy (non-hydrogen) atoms. The predicted octanol–water partition coefficient (Wildman–Crippen LogP) is 0.299. The largest absolute Gasteiger partial charge is 0.315 e. The highest BCUT2D eigenvalue weighted by Gasteiger charge is 2.29. The Balaban J connectivity index is 2.64. The molecule has 0 unspecified atom stereocenters. The van der Waals surface area contributed by atoms with Crippen molar-refractivity contribution in [2.75, 3.05) is 13.1 Å². The SMILES string of the molecule is NS(=O)(=O)c1cc(F)cc(F)c1C1CNC1. The Kier molecular flexibility index (Phi) is 2.69. The number of sulfonamides is 1. The van der Waals surface area contributed by atoms with Crippen molar-refractivity contribution in [1.29, 1.82) is 0 Å². The van der Waals surface area contributed by atoms with Crippen LogP contribution in [-0.4, -0.2) is 21.5 Å². The standard InChI is InChI=1S/C9H10F2N2O2S/c10-6-1-7(11)9(5-3-13-4-5)8(2-6)16(12,14)15/h1-2,5,13H,3-4H2,(H2,12,14,15). The van der Waals surface area contributed by atoms with Gasteiger partial charge in [0.2, 0.25) is 10.0 Å².